The molecule has 0 N–H and O–H groups in total. The van der Waals surface area contributed by atoms with E-state index in [1.165, 1.54) is 118 Å². The average Bonchev–Trinajstić information content (AvgIpc) is 0.856. The Morgan fingerprint density at radius 1 is 0.144 bits per heavy atom. The first-order valence-electron chi connectivity index (χ1n) is 37.9. The lowest BCUT2D eigenvalue weighted by molar-refractivity contribution is 0.795. The second kappa shape index (κ2) is 33.8. The zero-order valence-corrected chi connectivity index (χ0v) is 60.8. The van der Waals surface area contributed by atoms with Crippen molar-refractivity contribution in [2.45, 2.75) is 105 Å². The Labute approximate surface area is 618 Å². The van der Waals surface area contributed by atoms with Crippen molar-refractivity contribution in [2.75, 3.05) is 19.6 Å². The molecule has 4 heteroatoms. The van der Waals surface area contributed by atoms with Crippen molar-refractivity contribution in [2.24, 2.45) is 0 Å². The lowest BCUT2D eigenvalue weighted by Crippen LogP contribution is -2.10. The molecule has 4 nitrogen and oxygen atoms in total. The van der Waals surface area contributed by atoms with E-state index >= 15 is 0 Å². The molecule has 104 heavy (non-hydrogen) atoms. The fourth-order valence-electron chi connectivity index (χ4n) is 14.2. The standard InChI is InChI=1S/C100H94N4/c1-5-9-19-75-27-51-89(52-28-75)101(93-59-35-81(36-60-93)79-23-15-13-16-24-79)95-63-39-83(40-64-95)85-43-67-97(68-44-85)103(91-55-31-77(32-56-91)21-11-7-3)99-71-47-87(48-72-99)88-49-73-100(74-50-88)104(92-57-33-78(34-58-92)22-12-8-4)98-69-45-86(46-70-98)84-41-65-96(66-42-84)102(90-53-29-76(30-54-90)20-10-6-2)94-61-37-82(38-62-94)80-25-17-14-18-26-80/h13-18,23-74H,5-12,19-22H2,1-4H3. The Bertz CT molecular complexity index is 4620. The number of aryl methyl sites for hydroxylation is 4. The van der Waals surface area contributed by atoms with Crippen LogP contribution in [-0.2, 0) is 25.7 Å². The second-order valence-corrected chi connectivity index (χ2v) is 27.5. The van der Waals surface area contributed by atoms with Crippen molar-refractivity contribution in [3.8, 4) is 55.6 Å². The van der Waals surface area contributed by atoms with Crippen LogP contribution in [0.15, 0.2) is 352 Å². The van der Waals surface area contributed by atoms with Gasteiger partial charge in [-0.1, -0.05) is 260 Å². The normalized spacial score (nSPS) is 11.2. The third-order valence-electron chi connectivity index (χ3n) is 20.3. The van der Waals surface area contributed by atoms with Gasteiger partial charge in [-0.3, -0.25) is 0 Å². The molecule has 14 aromatic carbocycles. The van der Waals surface area contributed by atoms with Crippen molar-refractivity contribution >= 4 is 68.2 Å². The summed E-state index contributed by atoms with van der Waals surface area (Å²) in [6, 6.07) is 130. The summed E-state index contributed by atoms with van der Waals surface area (Å²) in [6.45, 7) is 9.04. The van der Waals surface area contributed by atoms with E-state index in [4.69, 9.17) is 0 Å². The summed E-state index contributed by atoms with van der Waals surface area (Å²) in [5.41, 5.74) is 30.7. The van der Waals surface area contributed by atoms with Gasteiger partial charge < -0.3 is 19.6 Å². The predicted molar refractivity (Wildman–Crippen MR) is 447 cm³/mol. The number of nitrogens with zero attached hydrogens (tertiary/aromatic N) is 4. The fraction of sp³-hybridized carbons (Fsp3) is 0.160. The smallest absolute Gasteiger partial charge is 0.0462 e. The molecular weight excluding hydrogens is 1260 g/mol. The average molecular weight is 1350 g/mol. The first kappa shape index (κ1) is 69.4. The minimum absolute atomic E-state index is 1.08. The molecule has 0 heterocycles. The second-order valence-electron chi connectivity index (χ2n) is 27.5. The molecule has 14 aromatic rings. The van der Waals surface area contributed by atoms with Crippen LogP contribution in [0.2, 0.25) is 0 Å². The number of hydrogen-bond donors (Lipinski definition) is 0. The third-order valence-corrected chi connectivity index (χ3v) is 20.3. The Balaban J connectivity index is 0.715. The molecule has 0 saturated carbocycles. The first-order valence-corrected chi connectivity index (χ1v) is 37.9. The Morgan fingerprint density at radius 3 is 0.404 bits per heavy atom. The van der Waals surface area contributed by atoms with Crippen LogP contribution in [0.3, 0.4) is 0 Å². The molecule has 14 rings (SSSR count). The van der Waals surface area contributed by atoms with E-state index in [0.29, 0.717) is 0 Å². The van der Waals surface area contributed by atoms with E-state index in [1.807, 2.05) is 0 Å². The number of rotatable bonds is 29. The molecule has 514 valence electrons. The van der Waals surface area contributed by atoms with Crippen molar-refractivity contribution in [3.63, 3.8) is 0 Å². The predicted octanol–water partition coefficient (Wildman–Crippen LogP) is 29.3. The van der Waals surface area contributed by atoms with Crippen LogP contribution < -0.4 is 19.6 Å². The van der Waals surface area contributed by atoms with Crippen LogP contribution in [0.5, 0.6) is 0 Å². The van der Waals surface area contributed by atoms with E-state index < -0.39 is 0 Å². The van der Waals surface area contributed by atoms with Crippen molar-refractivity contribution in [1.29, 1.82) is 0 Å². The molecule has 0 atom stereocenters. The monoisotopic (exact) mass is 1350 g/mol. The molecule has 0 fully saturated rings. The zero-order valence-electron chi connectivity index (χ0n) is 60.8. The van der Waals surface area contributed by atoms with Crippen LogP contribution in [-0.4, -0.2) is 0 Å². The quantitative estimate of drug-likeness (QED) is 0.0463. The van der Waals surface area contributed by atoms with E-state index in [-0.39, 0.29) is 0 Å². The molecule has 0 aliphatic heterocycles. The van der Waals surface area contributed by atoms with Gasteiger partial charge in [0.1, 0.15) is 0 Å². The molecule has 0 aliphatic carbocycles. The van der Waals surface area contributed by atoms with E-state index in [9.17, 15) is 0 Å². The van der Waals surface area contributed by atoms with Crippen molar-refractivity contribution in [1.82, 2.24) is 0 Å². The van der Waals surface area contributed by atoms with Gasteiger partial charge in [-0.15, -0.1) is 0 Å². The van der Waals surface area contributed by atoms with Crippen molar-refractivity contribution in [3.05, 3.63) is 374 Å². The van der Waals surface area contributed by atoms with E-state index in [2.05, 4.69) is 399 Å². The van der Waals surface area contributed by atoms with Gasteiger partial charge in [-0.25, -0.2) is 0 Å². The number of anilines is 12. The van der Waals surface area contributed by atoms with Gasteiger partial charge in [0.2, 0.25) is 0 Å². The van der Waals surface area contributed by atoms with Gasteiger partial charge >= 0.3 is 0 Å². The topological polar surface area (TPSA) is 13.0 Å². The number of benzene rings is 14. The Hall–Kier alpha value is -11.7. The third kappa shape index (κ3) is 16.6. The summed E-state index contributed by atoms with van der Waals surface area (Å²) in [5.74, 6) is 0. The highest BCUT2D eigenvalue weighted by Crippen LogP contribution is 2.43. The molecule has 0 radical (unpaired) electrons. The summed E-state index contributed by atoms with van der Waals surface area (Å²) in [6.07, 6.45) is 13.8. The van der Waals surface area contributed by atoms with Gasteiger partial charge in [0.25, 0.3) is 0 Å². The molecule has 0 aromatic heterocycles. The minimum Gasteiger partial charge on any atom is -0.311 e. The largest absolute Gasteiger partial charge is 0.311 e. The number of hydrogen-bond acceptors (Lipinski definition) is 4. The minimum atomic E-state index is 1.08. The highest BCUT2D eigenvalue weighted by molar-refractivity contribution is 5.86. The van der Waals surface area contributed by atoms with E-state index in [1.54, 1.807) is 0 Å². The number of unbranched alkanes of at least 4 members (excludes halogenated alkanes) is 4. The summed E-state index contributed by atoms with van der Waals surface area (Å²) < 4.78 is 0. The van der Waals surface area contributed by atoms with Gasteiger partial charge in [0.05, 0.1) is 0 Å². The SMILES string of the molecule is CCCCc1ccc(N(c2ccc(-c3ccccc3)cc2)c2ccc(-c3ccc(N(c4ccc(CCCC)cc4)c4ccc(-c5ccc(N(c6ccc(CCCC)cc6)c6ccc(-c7ccc(N(c8ccc(CCCC)cc8)c8ccc(-c9ccccc9)cc8)cc7)cc6)cc5)cc4)cc3)cc2)cc1. The Morgan fingerprint density at radius 2 is 0.269 bits per heavy atom. The Kier molecular flexibility index (Phi) is 22.6. The maximum absolute atomic E-state index is 2.39. The van der Waals surface area contributed by atoms with Crippen LogP contribution in [0, 0.1) is 0 Å². The van der Waals surface area contributed by atoms with Gasteiger partial charge in [-0.2, -0.15) is 0 Å². The van der Waals surface area contributed by atoms with Crippen LogP contribution in [0.4, 0.5) is 68.2 Å². The maximum atomic E-state index is 2.39. The first-order chi connectivity index (χ1) is 51.4. The summed E-state index contributed by atoms with van der Waals surface area (Å²) in [7, 11) is 0. The van der Waals surface area contributed by atoms with E-state index in [0.717, 1.165) is 105 Å². The van der Waals surface area contributed by atoms with Crippen LogP contribution in [0.25, 0.3) is 55.6 Å². The van der Waals surface area contributed by atoms with Gasteiger partial charge in [0, 0.05) is 68.2 Å². The van der Waals surface area contributed by atoms with Gasteiger partial charge in [-0.05, 0) is 275 Å². The van der Waals surface area contributed by atoms with Crippen LogP contribution >= 0.6 is 0 Å². The fourth-order valence-corrected chi connectivity index (χ4v) is 14.2. The molecular formula is C100H94N4. The molecule has 0 bridgehead atoms. The zero-order chi connectivity index (χ0) is 70.8. The summed E-state index contributed by atoms with van der Waals surface area (Å²) >= 11 is 0. The molecule has 0 amide bonds. The van der Waals surface area contributed by atoms with Crippen LogP contribution in [0.1, 0.15) is 101 Å². The molecule has 0 aliphatic rings. The molecule has 0 saturated heterocycles. The summed E-state index contributed by atoms with van der Waals surface area (Å²) in [5, 5.41) is 0. The summed E-state index contributed by atoms with van der Waals surface area (Å²) in [4.78, 5) is 9.52. The lowest BCUT2D eigenvalue weighted by Gasteiger charge is -2.27. The van der Waals surface area contributed by atoms with Gasteiger partial charge in [0.15, 0.2) is 0 Å². The molecule has 0 spiro atoms. The van der Waals surface area contributed by atoms with Crippen molar-refractivity contribution < 1.29 is 0 Å². The highest BCUT2D eigenvalue weighted by Gasteiger charge is 2.20. The molecule has 0 unspecified atom stereocenters. The maximum Gasteiger partial charge on any atom is 0.0462 e. The highest BCUT2D eigenvalue weighted by atomic mass is 15.2. The lowest BCUT2D eigenvalue weighted by atomic mass is 10.0.